The van der Waals surface area contributed by atoms with E-state index in [4.69, 9.17) is 4.74 Å². The van der Waals surface area contributed by atoms with E-state index >= 15 is 0 Å². The van der Waals surface area contributed by atoms with Crippen molar-refractivity contribution in [3.63, 3.8) is 0 Å². The van der Waals surface area contributed by atoms with Crippen molar-refractivity contribution in [2.24, 2.45) is 0 Å². The molecule has 8 heteroatoms. The number of benzene rings is 2. The maximum absolute atomic E-state index is 13.0. The Labute approximate surface area is 158 Å². The highest BCUT2D eigenvalue weighted by Crippen LogP contribution is 2.25. The van der Waals surface area contributed by atoms with Crippen LogP contribution >= 0.6 is 0 Å². The van der Waals surface area contributed by atoms with Gasteiger partial charge in [0.2, 0.25) is 15.9 Å². The van der Waals surface area contributed by atoms with Crippen LogP contribution in [0.2, 0.25) is 0 Å². The topological polar surface area (TPSA) is 84.5 Å². The molecule has 2 aromatic rings. The molecule has 27 heavy (non-hydrogen) atoms. The molecule has 0 aliphatic heterocycles. The SMILES string of the molecule is CCC(NS(=O)(=O)c1ccc(F)cc1)C(=O)Nc1ccccc1OC(C)C. The van der Waals surface area contributed by atoms with Gasteiger partial charge in [-0.05, 0) is 56.7 Å². The molecule has 1 amide bonds. The standard InChI is InChI=1S/C19H23FN2O4S/c1-4-16(22-27(24,25)15-11-9-14(20)10-12-15)19(23)21-17-7-5-6-8-18(17)26-13(2)3/h5-13,16,22H,4H2,1-3H3,(H,21,23). The van der Waals surface area contributed by atoms with Crippen LogP contribution in [0.5, 0.6) is 5.75 Å². The lowest BCUT2D eigenvalue weighted by Gasteiger charge is -2.19. The van der Waals surface area contributed by atoms with Gasteiger partial charge in [0.15, 0.2) is 0 Å². The zero-order valence-electron chi connectivity index (χ0n) is 15.4. The van der Waals surface area contributed by atoms with Crippen LogP contribution in [0.15, 0.2) is 53.4 Å². The van der Waals surface area contributed by atoms with Gasteiger partial charge in [0.05, 0.1) is 16.7 Å². The van der Waals surface area contributed by atoms with Crippen LogP contribution in [0.3, 0.4) is 0 Å². The molecule has 0 aliphatic rings. The van der Waals surface area contributed by atoms with E-state index in [-0.39, 0.29) is 17.4 Å². The molecule has 6 nitrogen and oxygen atoms in total. The molecular weight excluding hydrogens is 371 g/mol. The Kier molecular flexibility index (Phi) is 6.92. The fraction of sp³-hybridized carbons (Fsp3) is 0.316. The maximum atomic E-state index is 13.0. The van der Waals surface area contributed by atoms with Crippen molar-refractivity contribution >= 4 is 21.6 Å². The lowest BCUT2D eigenvalue weighted by atomic mass is 10.2. The molecule has 0 spiro atoms. The summed E-state index contributed by atoms with van der Waals surface area (Å²) in [7, 11) is -3.96. The summed E-state index contributed by atoms with van der Waals surface area (Å²) in [4.78, 5) is 12.5. The average molecular weight is 394 g/mol. The third kappa shape index (κ3) is 5.77. The van der Waals surface area contributed by atoms with Crippen molar-refractivity contribution in [1.29, 1.82) is 0 Å². The second kappa shape index (κ2) is 8.96. The summed E-state index contributed by atoms with van der Waals surface area (Å²) in [6.07, 6.45) is 0.154. The van der Waals surface area contributed by atoms with Gasteiger partial charge in [0.25, 0.3) is 0 Å². The molecule has 2 N–H and O–H groups in total. The quantitative estimate of drug-likeness (QED) is 0.719. The van der Waals surface area contributed by atoms with E-state index in [1.165, 1.54) is 0 Å². The first kappa shape index (κ1) is 20.9. The lowest BCUT2D eigenvalue weighted by Crippen LogP contribution is -2.43. The van der Waals surface area contributed by atoms with Crippen LogP contribution in [-0.4, -0.2) is 26.5 Å². The van der Waals surface area contributed by atoms with E-state index in [2.05, 4.69) is 10.0 Å². The van der Waals surface area contributed by atoms with E-state index < -0.39 is 27.8 Å². The molecule has 146 valence electrons. The largest absolute Gasteiger partial charge is 0.489 e. The van der Waals surface area contributed by atoms with E-state index in [0.29, 0.717) is 11.4 Å². The molecule has 0 aliphatic carbocycles. The Bertz CT molecular complexity index is 883. The number of ether oxygens (including phenoxy) is 1. The van der Waals surface area contributed by atoms with E-state index in [1.807, 2.05) is 13.8 Å². The van der Waals surface area contributed by atoms with Crippen molar-refractivity contribution < 1.29 is 22.3 Å². The second-order valence-electron chi connectivity index (χ2n) is 6.19. The summed E-state index contributed by atoms with van der Waals surface area (Å²) in [5, 5.41) is 2.70. The Balaban J connectivity index is 2.16. The number of carbonyl (C=O) groups excluding carboxylic acids is 1. The number of halogens is 1. The second-order valence-corrected chi connectivity index (χ2v) is 7.90. The minimum Gasteiger partial charge on any atom is -0.489 e. The van der Waals surface area contributed by atoms with Crippen molar-refractivity contribution in [2.45, 2.75) is 44.2 Å². The van der Waals surface area contributed by atoms with Gasteiger partial charge in [0.1, 0.15) is 17.6 Å². The number of amides is 1. The molecule has 0 heterocycles. The Morgan fingerprint density at radius 1 is 1.11 bits per heavy atom. The Morgan fingerprint density at radius 2 is 1.74 bits per heavy atom. The summed E-state index contributed by atoms with van der Waals surface area (Å²) in [5.41, 5.74) is 0.454. The van der Waals surface area contributed by atoms with Crippen LogP contribution in [0, 0.1) is 5.82 Å². The summed E-state index contributed by atoms with van der Waals surface area (Å²) in [5.74, 6) is -0.555. The predicted octanol–water partition coefficient (Wildman–Crippen LogP) is 3.31. The first-order valence-electron chi connectivity index (χ1n) is 8.57. The molecule has 2 aromatic carbocycles. The highest BCUT2D eigenvalue weighted by molar-refractivity contribution is 7.89. The number of para-hydroxylation sites is 2. The Hall–Kier alpha value is -2.45. The highest BCUT2D eigenvalue weighted by Gasteiger charge is 2.25. The molecule has 0 aromatic heterocycles. The van der Waals surface area contributed by atoms with Gasteiger partial charge in [0, 0.05) is 0 Å². The summed E-state index contributed by atoms with van der Waals surface area (Å²) in [6.45, 7) is 5.42. The smallest absolute Gasteiger partial charge is 0.242 e. The average Bonchev–Trinajstić information content (AvgIpc) is 2.61. The van der Waals surface area contributed by atoms with Crippen molar-refractivity contribution in [1.82, 2.24) is 4.72 Å². The third-order valence-electron chi connectivity index (χ3n) is 3.65. The van der Waals surface area contributed by atoms with Gasteiger partial charge in [-0.25, -0.2) is 12.8 Å². The highest BCUT2D eigenvalue weighted by atomic mass is 32.2. The van der Waals surface area contributed by atoms with Crippen molar-refractivity contribution in [3.05, 3.63) is 54.3 Å². The fourth-order valence-corrected chi connectivity index (χ4v) is 3.62. The van der Waals surface area contributed by atoms with Crippen LogP contribution in [-0.2, 0) is 14.8 Å². The van der Waals surface area contributed by atoms with Crippen LogP contribution in [0.4, 0.5) is 10.1 Å². The molecule has 0 fully saturated rings. The molecule has 0 saturated carbocycles. The monoisotopic (exact) mass is 394 g/mol. The van der Waals surface area contributed by atoms with Crippen LogP contribution in [0.25, 0.3) is 0 Å². The minimum atomic E-state index is -3.96. The number of hydrogen-bond donors (Lipinski definition) is 2. The number of hydrogen-bond acceptors (Lipinski definition) is 4. The van der Waals surface area contributed by atoms with Gasteiger partial charge >= 0.3 is 0 Å². The lowest BCUT2D eigenvalue weighted by molar-refractivity contribution is -0.117. The first-order valence-corrected chi connectivity index (χ1v) is 10.1. The fourth-order valence-electron chi connectivity index (χ4n) is 2.34. The number of sulfonamides is 1. The van der Waals surface area contributed by atoms with Crippen LogP contribution in [0.1, 0.15) is 27.2 Å². The zero-order valence-corrected chi connectivity index (χ0v) is 16.2. The molecular formula is C19H23FN2O4S. The summed E-state index contributed by atoms with van der Waals surface area (Å²) < 4.78 is 45.9. The number of carbonyl (C=O) groups is 1. The number of rotatable bonds is 8. The minimum absolute atomic E-state index is 0.0815. The maximum Gasteiger partial charge on any atom is 0.242 e. The molecule has 1 atom stereocenters. The summed E-state index contributed by atoms with van der Waals surface area (Å²) in [6, 6.07) is 10.3. The van der Waals surface area contributed by atoms with Crippen molar-refractivity contribution in [3.8, 4) is 5.75 Å². The normalized spacial score (nSPS) is 12.6. The molecule has 0 bridgehead atoms. The van der Waals surface area contributed by atoms with Gasteiger partial charge in [-0.15, -0.1) is 0 Å². The number of nitrogens with one attached hydrogen (secondary N) is 2. The van der Waals surface area contributed by atoms with E-state index in [9.17, 15) is 17.6 Å². The van der Waals surface area contributed by atoms with Gasteiger partial charge in [-0.3, -0.25) is 4.79 Å². The van der Waals surface area contributed by atoms with Crippen LogP contribution < -0.4 is 14.8 Å². The van der Waals surface area contributed by atoms with Crippen molar-refractivity contribution in [2.75, 3.05) is 5.32 Å². The Morgan fingerprint density at radius 3 is 2.33 bits per heavy atom. The number of anilines is 1. The first-order chi connectivity index (χ1) is 12.7. The third-order valence-corrected chi connectivity index (χ3v) is 5.14. The molecule has 1 unspecified atom stereocenters. The molecule has 0 saturated heterocycles. The summed E-state index contributed by atoms with van der Waals surface area (Å²) >= 11 is 0. The molecule has 2 rings (SSSR count). The zero-order chi connectivity index (χ0) is 20.0. The van der Waals surface area contributed by atoms with Gasteiger partial charge < -0.3 is 10.1 Å². The molecule has 0 radical (unpaired) electrons. The van der Waals surface area contributed by atoms with Gasteiger partial charge in [-0.1, -0.05) is 19.1 Å². The van der Waals surface area contributed by atoms with E-state index in [1.54, 1.807) is 31.2 Å². The van der Waals surface area contributed by atoms with Gasteiger partial charge in [-0.2, -0.15) is 4.72 Å². The van der Waals surface area contributed by atoms with E-state index in [0.717, 1.165) is 24.3 Å². The predicted molar refractivity (Wildman–Crippen MR) is 102 cm³/mol.